The molecule has 0 aliphatic carbocycles. The van der Waals surface area contributed by atoms with Crippen LogP contribution in [-0.2, 0) is 0 Å². The summed E-state index contributed by atoms with van der Waals surface area (Å²) in [6.07, 6.45) is 4.30. The topological polar surface area (TPSA) is 90.7 Å². The van der Waals surface area contributed by atoms with Crippen LogP contribution in [0.15, 0.2) is 36.8 Å². The summed E-state index contributed by atoms with van der Waals surface area (Å²) in [6, 6.07) is 7.66. The average molecular weight is 528 g/mol. The van der Waals surface area contributed by atoms with Gasteiger partial charge in [-0.05, 0) is 30.5 Å². The highest BCUT2D eigenvalue weighted by Gasteiger charge is 2.36. The van der Waals surface area contributed by atoms with E-state index in [4.69, 9.17) is 39.5 Å². The van der Waals surface area contributed by atoms with Crippen LogP contribution in [0.25, 0.3) is 22.2 Å². The number of fused-ring (bicyclic) bond motifs is 1. The number of nitriles is 1. The minimum atomic E-state index is -0.477. The Morgan fingerprint density at radius 1 is 1.09 bits per heavy atom. The van der Waals surface area contributed by atoms with Crippen molar-refractivity contribution < 1.29 is 4.74 Å². The monoisotopic (exact) mass is 526 g/mol. The molecule has 4 heterocycles. The van der Waals surface area contributed by atoms with Crippen molar-refractivity contribution in [2.24, 2.45) is 5.41 Å². The van der Waals surface area contributed by atoms with Crippen molar-refractivity contribution in [3.05, 3.63) is 63.0 Å². The number of aromatic amines is 1. The molecule has 1 aliphatic heterocycles. The zero-order valence-corrected chi connectivity index (χ0v) is 21.5. The number of aromatic nitrogens is 4. The molecule has 1 N–H and O–H groups in total. The van der Waals surface area contributed by atoms with Crippen LogP contribution in [0.1, 0.15) is 38.0 Å². The number of ether oxygens (including phenoxy) is 1. The molecule has 0 radical (unpaired) electrons. The third kappa shape index (κ3) is 4.38. The van der Waals surface area contributed by atoms with Gasteiger partial charge in [-0.25, -0.2) is 4.98 Å². The Morgan fingerprint density at radius 2 is 1.80 bits per heavy atom. The molecular weight excluding hydrogens is 507 g/mol. The van der Waals surface area contributed by atoms with E-state index in [-0.39, 0.29) is 5.41 Å². The van der Waals surface area contributed by atoms with Gasteiger partial charge in [0.15, 0.2) is 0 Å². The zero-order valence-electron chi connectivity index (χ0n) is 19.2. The number of anilines is 1. The molecule has 1 atom stereocenters. The summed E-state index contributed by atoms with van der Waals surface area (Å²) in [7, 11) is 0. The quantitative estimate of drug-likeness (QED) is 0.306. The highest BCUT2D eigenvalue weighted by molar-refractivity contribution is 6.36. The lowest BCUT2D eigenvalue weighted by Crippen LogP contribution is -2.53. The molecule has 35 heavy (non-hydrogen) atoms. The molecule has 1 aliphatic rings. The second-order valence-electron chi connectivity index (χ2n) is 9.40. The molecule has 1 fully saturated rings. The third-order valence-electron chi connectivity index (χ3n) is 6.01. The molecule has 0 saturated carbocycles. The Bertz CT molecular complexity index is 1460. The fraction of sp³-hybridized carbons (Fsp3) is 0.280. The predicted octanol–water partition coefficient (Wildman–Crippen LogP) is 6.84. The smallest absolute Gasteiger partial charge is 0.146 e. The zero-order chi connectivity index (χ0) is 24.9. The van der Waals surface area contributed by atoms with Gasteiger partial charge in [-0.2, -0.15) is 10.4 Å². The molecule has 1 saturated heterocycles. The number of hydrogen-bond donors (Lipinski definition) is 1. The van der Waals surface area contributed by atoms with Crippen LogP contribution in [-0.4, -0.2) is 33.3 Å². The Labute approximate surface area is 217 Å². The summed E-state index contributed by atoms with van der Waals surface area (Å²) < 4.78 is 6.15. The summed E-state index contributed by atoms with van der Waals surface area (Å²) in [5.41, 5.74) is 3.46. The van der Waals surface area contributed by atoms with E-state index in [1.165, 1.54) is 12.4 Å². The van der Waals surface area contributed by atoms with E-state index in [9.17, 15) is 5.26 Å². The predicted molar refractivity (Wildman–Crippen MR) is 138 cm³/mol. The van der Waals surface area contributed by atoms with Gasteiger partial charge in [0.2, 0.25) is 0 Å². The maximum Gasteiger partial charge on any atom is 0.146 e. The average Bonchev–Trinajstić information content (AvgIpc) is 3.19. The van der Waals surface area contributed by atoms with Crippen molar-refractivity contribution in [3.8, 4) is 23.1 Å². The number of nitrogens with zero attached hydrogens (tertiary/aromatic N) is 5. The Morgan fingerprint density at radius 3 is 2.46 bits per heavy atom. The minimum absolute atomic E-state index is 0.225. The molecule has 0 unspecified atom stereocenters. The van der Waals surface area contributed by atoms with E-state index >= 15 is 0 Å². The van der Waals surface area contributed by atoms with Crippen molar-refractivity contribution in [3.63, 3.8) is 0 Å². The lowest BCUT2D eigenvalue weighted by Gasteiger charge is -2.46. The van der Waals surface area contributed by atoms with Crippen LogP contribution in [0.3, 0.4) is 0 Å². The Hall–Kier alpha value is -3.05. The largest absolute Gasteiger partial charge is 0.484 e. The van der Waals surface area contributed by atoms with Crippen molar-refractivity contribution in [2.75, 3.05) is 18.0 Å². The summed E-state index contributed by atoms with van der Waals surface area (Å²) in [5, 5.41) is 19.3. The second kappa shape index (κ2) is 8.87. The number of H-pyrrole nitrogens is 1. The maximum atomic E-state index is 9.78. The van der Waals surface area contributed by atoms with E-state index in [2.05, 4.69) is 45.0 Å². The number of nitrogens with one attached hydrogen (secondary N) is 1. The van der Waals surface area contributed by atoms with Crippen LogP contribution < -0.4 is 9.64 Å². The van der Waals surface area contributed by atoms with Gasteiger partial charge >= 0.3 is 0 Å². The fourth-order valence-electron chi connectivity index (χ4n) is 4.45. The van der Waals surface area contributed by atoms with Crippen molar-refractivity contribution in [2.45, 2.75) is 26.9 Å². The highest BCUT2D eigenvalue weighted by atomic mass is 35.5. The molecule has 0 amide bonds. The van der Waals surface area contributed by atoms with Gasteiger partial charge in [0, 0.05) is 48.2 Å². The molecule has 0 bridgehead atoms. The summed E-state index contributed by atoms with van der Waals surface area (Å²) >= 11 is 19.1. The molecular formula is C25H21Cl3N6O. The molecule has 178 valence electrons. The van der Waals surface area contributed by atoms with Gasteiger partial charge in [-0.3, -0.25) is 10.1 Å². The molecule has 5 rings (SSSR count). The van der Waals surface area contributed by atoms with Gasteiger partial charge in [0.25, 0.3) is 0 Å². The third-order valence-corrected chi connectivity index (χ3v) is 6.91. The van der Waals surface area contributed by atoms with E-state index in [1.807, 2.05) is 19.1 Å². The number of benzene rings is 1. The molecule has 10 heteroatoms. The molecule has 0 spiro atoms. The normalized spacial score (nSPS) is 15.5. The lowest BCUT2D eigenvalue weighted by atomic mass is 9.84. The van der Waals surface area contributed by atoms with Gasteiger partial charge in [-0.15, -0.1) is 0 Å². The van der Waals surface area contributed by atoms with Gasteiger partial charge in [0.05, 0.1) is 26.1 Å². The summed E-state index contributed by atoms with van der Waals surface area (Å²) in [6.45, 7) is 7.96. The van der Waals surface area contributed by atoms with Crippen LogP contribution in [0.5, 0.6) is 5.75 Å². The van der Waals surface area contributed by atoms with Gasteiger partial charge < -0.3 is 9.64 Å². The van der Waals surface area contributed by atoms with Crippen LogP contribution in [0, 0.1) is 16.7 Å². The molecule has 4 aromatic rings. The van der Waals surface area contributed by atoms with E-state index in [1.54, 1.807) is 12.3 Å². The summed E-state index contributed by atoms with van der Waals surface area (Å²) in [5.74, 6) is 1.15. The van der Waals surface area contributed by atoms with E-state index in [0.29, 0.717) is 43.5 Å². The highest BCUT2D eigenvalue weighted by Crippen LogP contribution is 2.40. The molecule has 3 aromatic heterocycles. The van der Waals surface area contributed by atoms with Crippen molar-refractivity contribution in [1.29, 1.82) is 5.26 Å². The number of rotatable bonds is 5. The first kappa shape index (κ1) is 23.7. The Kier molecular flexibility index (Phi) is 6.00. The molecule has 7 nitrogen and oxygen atoms in total. The van der Waals surface area contributed by atoms with E-state index < -0.39 is 6.10 Å². The first-order valence-electron chi connectivity index (χ1n) is 11.0. The fourth-order valence-corrected chi connectivity index (χ4v) is 5.33. The van der Waals surface area contributed by atoms with Crippen molar-refractivity contribution in [1.82, 2.24) is 20.2 Å². The maximum absolute atomic E-state index is 9.78. The van der Waals surface area contributed by atoms with Gasteiger partial charge in [-0.1, -0.05) is 48.7 Å². The van der Waals surface area contributed by atoms with Gasteiger partial charge in [0.1, 0.15) is 29.4 Å². The van der Waals surface area contributed by atoms with Crippen LogP contribution in [0.4, 0.5) is 5.82 Å². The van der Waals surface area contributed by atoms with Crippen LogP contribution in [0.2, 0.25) is 15.1 Å². The lowest BCUT2D eigenvalue weighted by molar-refractivity contribution is 0.227. The standard InChI is InChI=1S/C25H21Cl3N6O/c1-13(22-18(27)9-30-10-19(22)28)35-21-5-16-20(6-17(21)26)32-33-23(16)15-4-14(7-29)24(31-8-15)34-11-25(2,3)12-34/h4-6,8-10,13H,11-12H2,1-3H3,(H,32,33)/t13-/m1/s1. The second-order valence-corrected chi connectivity index (χ2v) is 10.6. The van der Waals surface area contributed by atoms with Crippen LogP contribution >= 0.6 is 34.8 Å². The van der Waals surface area contributed by atoms with E-state index in [0.717, 1.165) is 29.6 Å². The summed E-state index contributed by atoms with van der Waals surface area (Å²) in [4.78, 5) is 10.7. The van der Waals surface area contributed by atoms with Crippen molar-refractivity contribution >= 4 is 51.5 Å². The SMILES string of the molecule is C[C@@H](Oc1cc2c(-c3cnc(N4CC(C)(C)C4)c(C#N)c3)n[nH]c2cc1Cl)c1c(Cl)cncc1Cl. The first-order valence-corrected chi connectivity index (χ1v) is 12.1. The number of hydrogen-bond acceptors (Lipinski definition) is 6. The minimum Gasteiger partial charge on any atom is -0.484 e. The first-order chi connectivity index (χ1) is 16.7. The molecule has 1 aromatic carbocycles. The number of halogens is 3. The number of pyridine rings is 2. The Balaban J connectivity index is 1.50.